The molecule has 1 fully saturated rings. The number of furan rings is 1. The van der Waals surface area contributed by atoms with Crippen molar-refractivity contribution in [1.82, 2.24) is 0 Å². The Hall–Kier alpha value is -2.23. The molecule has 0 N–H and O–H groups in total. The van der Waals surface area contributed by atoms with Crippen LogP contribution >= 0.6 is 0 Å². The quantitative estimate of drug-likeness (QED) is 0.848. The minimum absolute atomic E-state index is 0.0229. The van der Waals surface area contributed by atoms with Crippen LogP contribution in [-0.2, 0) is 0 Å². The van der Waals surface area contributed by atoms with Gasteiger partial charge in [0.25, 0.3) is 5.91 Å². The third-order valence-electron chi connectivity index (χ3n) is 4.26. The lowest BCUT2D eigenvalue weighted by molar-refractivity contribution is 0.0986. The van der Waals surface area contributed by atoms with E-state index in [-0.39, 0.29) is 5.91 Å². The molecular formula is C17H18N2O2. The van der Waals surface area contributed by atoms with E-state index < -0.39 is 0 Å². The van der Waals surface area contributed by atoms with E-state index in [0.29, 0.717) is 11.6 Å². The number of benzene rings is 1. The normalized spacial score (nSPS) is 17.8. The van der Waals surface area contributed by atoms with Gasteiger partial charge in [-0.15, -0.1) is 0 Å². The van der Waals surface area contributed by atoms with Crippen molar-refractivity contribution in [3.63, 3.8) is 0 Å². The van der Waals surface area contributed by atoms with E-state index in [1.807, 2.05) is 30.0 Å². The molecule has 1 aliphatic carbocycles. The number of hydrogen-bond acceptors (Lipinski definition) is 3. The van der Waals surface area contributed by atoms with Crippen LogP contribution in [0.3, 0.4) is 0 Å². The van der Waals surface area contributed by atoms with Crippen molar-refractivity contribution in [3.05, 3.63) is 47.9 Å². The Kier molecular flexibility index (Phi) is 2.77. The topological polar surface area (TPSA) is 36.7 Å². The summed E-state index contributed by atoms with van der Waals surface area (Å²) in [5, 5.41) is 0. The maximum Gasteiger partial charge on any atom is 0.261 e. The molecule has 2 aromatic rings. The monoisotopic (exact) mass is 282 g/mol. The predicted molar refractivity (Wildman–Crippen MR) is 81.9 cm³/mol. The molecule has 4 rings (SSSR count). The van der Waals surface area contributed by atoms with Crippen molar-refractivity contribution >= 4 is 17.3 Å². The molecule has 0 saturated heterocycles. The standard InChI is InChI=1S/C17H18N2O2/c1-12-10-13(11-21-12)17(20)19-9-8-18(14-6-7-14)15-4-2-3-5-16(15)19/h2-5,10-11,14H,6-9H2,1H3. The molecule has 0 unspecified atom stereocenters. The second-order valence-electron chi connectivity index (χ2n) is 5.82. The summed E-state index contributed by atoms with van der Waals surface area (Å²) in [6, 6.07) is 10.7. The van der Waals surface area contributed by atoms with Gasteiger partial charge in [-0.2, -0.15) is 0 Å². The molecule has 1 amide bonds. The Bertz CT molecular complexity index is 688. The molecule has 0 spiro atoms. The highest BCUT2D eigenvalue weighted by Crippen LogP contribution is 2.40. The molecule has 108 valence electrons. The molecule has 4 heteroatoms. The lowest BCUT2D eigenvalue weighted by Gasteiger charge is -2.37. The summed E-state index contributed by atoms with van der Waals surface area (Å²) in [6.07, 6.45) is 4.08. The molecule has 0 radical (unpaired) electrons. The molecule has 2 aliphatic rings. The van der Waals surface area contributed by atoms with Gasteiger partial charge < -0.3 is 14.2 Å². The second kappa shape index (κ2) is 4.65. The Labute approximate surface area is 124 Å². The fourth-order valence-electron chi connectivity index (χ4n) is 3.07. The summed E-state index contributed by atoms with van der Waals surface area (Å²) in [5.41, 5.74) is 2.82. The molecule has 1 aromatic heterocycles. The summed E-state index contributed by atoms with van der Waals surface area (Å²) in [5.74, 6) is 0.790. The van der Waals surface area contributed by atoms with Gasteiger partial charge in [0.1, 0.15) is 12.0 Å². The van der Waals surface area contributed by atoms with Gasteiger partial charge in [-0.1, -0.05) is 12.1 Å². The minimum Gasteiger partial charge on any atom is -0.469 e. The fourth-order valence-corrected chi connectivity index (χ4v) is 3.07. The van der Waals surface area contributed by atoms with Crippen molar-refractivity contribution in [1.29, 1.82) is 0 Å². The highest BCUT2D eigenvalue weighted by Gasteiger charge is 2.35. The van der Waals surface area contributed by atoms with Crippen molar-refractivity contribution in [2.75, 3.05) is 22.9 Å². The third kappa shape index (κ3) is 2.11. The molecule has 21 heavy (non-hydrogen) atoms. The first-order valence-corrected chi connectivity index (χ1v) is 7.47. The summed E-state index contributed by atoms with van der Waals surface area (Å²) in [7, 11) is 0. The number of nitrogens with zero attached hydrogens (tertiary/aromatic N) is 2. The van der Waals surface area contributed by atoms with Crippen molar-refractivity contribution < 1.29 is 9.21 Å². The van der Waals surface area contributed by atoms with Crippen LogP contribution in [0.25, 0.3) is 0 Å². The number of amides is 1. The molecule has 1 aliphatic heterocycles. The molecule has 4 nitrogen and oxygen atoms in total. The van der Waals surface area contributed by atoms with Crippen LogP contribution in [0.15, 0.2) is 41.0 Å². The van der Waals surface area contributed by atoms with E-state index >= 15 is 0 Å². The maximum atomic E-state index is 12.7. The number of hydrogen-bond donors (Lipinski definition) is 0. The van der Waals surface area contributed by atoms with E-state index in [4.69, 9.17) is 4.42 Å². The number of rotatable bonds is 2. The van der Waals surface area contributed by atoms with Crippen LogP contribution in [-0.4, -0.2) is 25.0 Å². The lowest BCUT2D eigenvalue weighted by Crippen LogP contribution is -2.44. The van der Waals surface area contributed by atoms with Gasteiger partial charge in [0.2, 0.25) is 0 Å². The predicted octanol–water partition coefficient (Wildman–Crippen LogP) is 3.22. The van der Waals surface area contributed by atoms with Crippen molar-refractivity contribution in [3.8, 4) is 0 Å². The van der Waals surface area contributed by atoms with Gasteiger partial charge in [-0.05, 0) is 38.0 Å². The molecular weight excluding hydrogens is 264 g/mol. The summed E-state index contributed by atoms with van der Waals surface area (Å²) in [4.78, 5) is 17.0. The number of anilines is 2. The highest BCUT2D eigenvalue weighted by atomic mass is 16.3. The Morgan fingerprint density at radius 3 is 2.62 bits per heavy atom. The number of aryl methyl sites for hydroxylation is 1. The Morgan fingerprint density at radius 1 is 1.19 bits per heavy atom. The molecule has 1 aromatic carbocycles. The maximum absolute atomic E-state index is 12.7. The highest BCUT2D eigenvalue weighted by molar-refractivity contribution is 6.08. The zero-order valence-corrected chi connectivity index (χ0v) is 12.1. The summed E-state index contributed by atoms with van der Waals surface area (Å²) >= 11 is 0. The smallest absolute Gasteiger partial charge is 0.261 e. The van der Waals surface area contributed by atoms with Crippen LogP contribution in [0, 0.1) is 6.92 Å². The van der Waals surface area contributed by atoms with Gasteiger partial charge in [-0.25, -0.2) is 0 Å². The fraction of sp³-hybridized carbons (Fsp3) is 0.353. The van der Waals surface area contributed by atoms with E-state index in [1.165, 1.54) is 18.5 Å². The van der Waals surface area contributed by atoms with E-state index in [0.717, 1.165) is 24.5 Å². The molecule has 1 saturated carbocycles. The number of fused-ring (bicyclic) bond motifs is 1. The largest absolute Gasteiger partial charge is 0.469 e. The summed E-state index contributed by atoms with van der Waals surface area (Å²) in [6.45, 7) is 3.50. The van der Waals surface area contributed by atoms with Gasteiger partial charge in [0.15, 0.2) is 0 Å². The van der Waals surface area contributed by atoms with Crippen LogP contribution in [0.5, 0.6) is 0 Å². The summed E-state index contributed by atoms with van der Waals surface area (Å²) < 4.78 is 5.28. The van der Waals surface area contributed by atoms with Gasteiger partial charge in [0.05, 0.1) is 16.9 Å². The van der Waals surface area contributed by atoms with Crippen LogP contribution in [0.4, 0.5) is 11.4 Å². The number of para-hydroxylation sites is 2. The molecule has 0 bridgehead atoms. The first kappa shape index (κ1) is 12.5. The SMILES string of the molecule is Cc1cc(C(=O)N2CCN(C3CC3)c3ccccc32)co1. The van der Waals surface area contributed by atoms with Crippen LogP contribution in [0.2, 0.25) is 0 Å². The average molecular weight is 282 g/mol. The van der Waals surface area contributed by atoms with Gasteiger partial charge >= 0.3 is 0 Å². The first-order valence-electron chi connectivity index (χ1n) is 7.47. The first-order chi connectivity index (χ1) is 10.2. The zero-order valence-electron chi connectivity index (χ0n) is 12.1. The second-order valence-corrected chi connectivity index (χ2v) is 5.82. The van der Waals surface area contributed by atoms with E-state index in [2.05, 4.69) is 11.0 Å². The van der Waals surface area contributed by atoms with Crippen LogP contribution < -0.4 is 9.80 Å². The molecule has 0 atom stereocenters. The van der Waals surface area contributed by atoms with E-state index in [9.17, 15) is 4.79 Å². The van der Waals surface area contributed by atoms with Gasteiger partial charge in [-0.3, -0.25) is 4.79 Å². The van der Waals surface area contributed by atoms with Gasteiger partial charge in [0, 0.05) is 19.1 Å². The number of carbonyl (C=O) groups is 1. The average Bonchev–Trinajstić information content (AvgIpc) is 3.26. The lowest BCUT2D eigenvalue weighted by atomic mass is 10.1. The zero-order chi connectivity index (χ0) is 14.4. The third-order valence-corrected chi connectivity index (χ3v) is 4.26. The van der Waals surface area contributed by atoms with Crippen LogP contribution in [0.1, 0.15) is 29.0 Å². The van der Waals surface area contributed by atoms with Crippen molar-refractivity contribution in [2.24, 2.45) is 0 Å². The molecule has 2 heterocycles. The van der Waals surface area contributed by atoms with Crippen molar-refractivity contribution in [2.45, 2.75) is 25.8 Å². The Morgan fingerprint density at radius 2 is 1.95 bits per heavy atom. The minimum atomic E-state index is 0.0229. The number of carbonyl (C=O) groups excluding carboxylic acids is 1. The Balaban J connectivity index is 1.70. The van der Waals surface area contributed by atoms with E-state index in [1.54, 1.807) is 12.3 Å².